The summed E-state index contributed by atoms with van der Waals surface area (Å²) in [5, 5.41) is 2.49. The molecule has 30 heavy (non-hydrogen) atoms. The van der Waals surface area contributed by atoms with Crippen LogP contribution in [0.3, 0.4) is 0 Å². The molecule has 3 amide bonds. The SMILES string of the molecule is CC(=O)N(c1ccccc1)c1nc(/C=C/C(=O)NNC(=O)c2ccccc2Cl)cs1. The van der Waals surface area contributed by atoms with E-state index in [4.69, 9.17) is 11.6 Å². The summed E-state index contributed by atoms with van der Waals surface area (Å²) in [6, 6.07) is 15.7. The molecule has 0 aliphatic carbocycles. The summed E-state index contributed by atoms with van der Waals surface area (Å²) in [7, 11) is 0. The van der Waals surface area contributed by atoms with Crippen LogP contribution in [-0.4, -0.2) is 22.7 Å². The smallest absolute Gasteiger partial charge is 0.271 e. The second-order valence-corrected chi connectivity index (χ2v) is 7.25. The van der Waals surface area contributed by atoms with Crippen LogP contribution in [0.1, 0.15) is 23.0 Å². The fraction of sp³-hybridized carbons (Fsp3) is 0.0476. The van der Waals surface area contributed by atoms with Gasteiger partial charge in [-0.3, -0.25) is 30.1 Å². The Morgan fingerprint density at radius 2 is 1.73 bits per heavy atom. The van der Waals surface area contributed by atoms with Crippen molar-refractivity contribution in [1.82, 2.24) is 15.8 Å². The molecule has 2 N–H and O–H groups in total. The molecule has 0 unspecified atom stereocenters. The van der Waals surface area contributed by atoms with Gasteiger partial charge in [-0.05, 0) is 30.3 Å². The van der Waals surface area contributed by atoms with E-state index < -0.39 is 11.8 Å². The van der Waals surface area contributed by atoms with E-state index >= 15 is 0 Å². The molecule has 0 bridgehead atoms. The highest BCUT2D eigenvalue weighted by Gasteiger charge is 2.17. The number of aromatic nitrogens is 1. The summed E-state index contributed by atoms with van der Waals surface area (Å²) >= 11 is 7.22. The Morgan fingerprint density at radius 1 is 1.03 bits per heavy atom. The Kier molecular flexibility index (Phi) is 6.95. The summed E-state index contributed by atoms with van der Waals surface area (Å²) in [4.78, 5) is 42.0. The maximum atomic E-state index is 12.1. The topological polar surface area (TPSA) is 91.4 Å². The number of anilines is 2. The van der Waals surface area contributed by atoms with Gasteiger partial charge in [-0.15, -0.1) is 11.3 Å². The Morgan fingerprint density at radius 3 is 2.43 bits per heavy atom. The molecule has 152 valence electrons. The Hall–Kier alpha value is -3.49. The van der Waals surface area contributed by atoms with E-state index in [0.29, 0.717) is 16.5 Å². The van der Waals surface area contributed by atoms with Crippen LogP contribution in [0.25, 0.3) is 6.08 Å². The Balaban J connectivity index is 1.62. The predicted octanol–water partition coefficient (Wildman–Crippen LogP) is 3.96. The molecule has 7 nitrogen and oxygen atoms in total. The van der Waals surface area contributed by atoms with Crippen molar-refractivity contribution in [2.24, 2.45) is 0 Å². The second-order valence-electron chi connectivity index (χ2n) is 6.00. The van der Waals surface area contributed by atoms with E-state index in [9.17, 15) is 14.4 Å². The van der Waals surface area contributed by atoms with Gasteiger partial charge < -0.3 is 0 Å². The van der Waals surface area contributed by atoms with Crippen molar-refractivity contribution in [3.05, 3.63) is 82.3 Å². The number of nitrogens with one attached hydrogen (secondary N) is 2. The third-order valence-corrected chi connectivity index (χ3v) is 5.03. The molecule has 3 rings (SSSR count). The van der Waals surface area contributed by atoms with Gasteiger partial charge in [0.05, 0.1) is 22.0 Å². The monoisotopic (exact) mass is 440 g/mol. The van der Waals surface area contributed by atoms with Crippen LogP contribution >= 0.6 is 22.9 Å². The lowest BCUT2D eigenvalue weighted by molar-refractivity contribution is -0.117. The molecule has 3 aromatic rings. The number of carbonyl (C=O) groups is 3. The molecule has 1 heterocycles. The van der Waals surface area contributed by atoms with Gasteiger partial charge in [0, 0.05) is 18.4 Å². The molecular weight excluding hydrogens is 424 g/mol. The van der Waals surface area contributed by atoms with Crippen LogP contribution in [-0.2, 0) is 9.59 Å². The van der Waals surface area contributed by atoms with Gasteiger partial charge in [0.1, 0.15) is 0 Å². The first kappa shape index (κ1) is 21.2. The van der Waals surface area contributed by atoms with E-state index in [1.165, 1.54) is 35.3 Å². The first-order valence-corrected chi connectivity index (χ1v) is 10.1. The molecule has 0 fully saturated rings. The number of halogens is 1. The lowest BCUT2D eigenvalue weighted by atomic mass is 10.2. The number of carbonyl (C=O) groups excluding carboxylic acids is 3. The van der Waals surface area contributed by atoms with Gasteiger partial charge in [0.2, 0.25) is 5.91 Å². The Bertz CT molecular complexity index is 1100. The van der Waals surface area contributed by atoms with E-state index in [1.54, 1.807) is 29.6 Å². The van der Waals surface area contributed by atoms with E-state index in [0.717, 1.165) is 0 Å². The van der Waals surface area contributed by atoms with Crippen molar-refractivity contribution in [2.45, 2.75) is 6.92 Å². The van der Waals surface area contributed by atoms with Gasteiger partial charge in [-0.25, -0.2) is 4.98 Å². The second kappa shape index (κ2) is 9.82. The third kappa shape index (κ3) is 5.31. The summed E-state index contributed by atoms with van der Waals surface area (Å²) in [5.41, 5.74) is 6.03. The summed E-state index contributed by atoms with van der Waals surface area (Å²) in [6.07, 6.45) is 2.71. The zero-order chi connectivity index (χ0) is 21.5. The van der Waals surface area contributed by atoms with Gasteiger partial charge >= 0.3 is 0 Å². The van der Waals surface area contributed by atoms with Crippen LogP contribution in [0.4, 0.5) is 10.8 Å². The maximum absolute atomic E-state index is 12.1. The highest BCUT2D eigenvalue weighted by atomic mass is 35.5. The van der Waals surface area contributed by atoms with Crippen molar-refractivity contribution in [1.29, 1.82) is 0 Å². The average molecular weight is 441 g/mol. The van der Waals surface area contributed by atoms with Crippen molar-refractivity contribution in [2.75, 3.05) is 4.90 Å². The standard InChI is InChI=1S/C21H17ClN4O3S/c1-14(27)26(16-7-3-2-4-8-16)21-23-15(13-30-21)11-12-19(28)24-25-20(29)17-9-5-6-10-18(17)22/h2-13H,1H3,(H,24,28)(H,25,29)/b12-11+. The van der Waals surface area contributed by atoms with Crippen molar-refractivity contribution in [3.63, 3.8) is 0 Å². The minimum absolute atomic E-state index is 0.175. The molecule has 0 saturated heterocycles. The summed E-state index contributed by atoms with van der Waals surface area (Å²) in [6.45, 7) is 1.46. The number of amides is 3. The molecule has 1 aromatic heterocycles. The van der Waals surface area contributed by atoms with Crippen molar-refractivity contribution < 1.29 is 14.4 Å². The molecule has 0 saturated carbocycles. The van der Waals surface area contributed by atoms with Gasteiger partial charge in [0.25, 0.3) is 11.8 Å². The highest BCUT2D eigenvalue weighted by Crippen LogP contribution is 2.28. The first-order chi connectivity index (χ1) is 14.5. The van der Waals surface area contributed by atoms with Crippen LogP contribution in [0.5, 0.6) is 0 Å². The largest absolute Gasteiger partial charge is 0.274 e. The maximum Gasteiger partial charge on any atom is 0.271 e. The summed E-state index contributed by atoms with van der Waals surface area (Å²) < 4.78 is 0. The highest BCUT2D eigenvalue weighted by molar-refractivity contribution is 7.14. The third-order valence-electron chi connectivity index (χ3n) is 3.85. The molecular formula is C21H17ClN4O3S. The minimum atomic E-state index is -0.545. The number of hydrazine groups is 1. The summed E-state index contributed by atoms with van der Waals surface area (Å²) in [5.74, 6) is -1.25. The number of para-hydroxylation sites is 1. The molecule has 0 atom stereocenters. The van der Waals surface area contributed by atoms with Crippen molar-refractivity contribution in [3.8, 4) is 0 Å². The predicted molar refractivity (Wildman–Crippen MR) is 117 cm³/mol. The lowest BCUT2D eigenvalue weighted by Gasteiger charge is -2.17. The number of rotatable bonds is 5. The normalized spacial score (nSPS) is 10.6. The van der Waals surface area contributed by atoms with Crippen LogP contribution in [0, 0.1) is 0 Å². The fourth-order valence-corrected chi connectivity index (χ4v) is 3.57. The lowest BCUT2D eigenvalue weighted by Crippen LogP contribution is -2.40. The van der Waals surface area contributed by atoms with Gasteiger partial charge in [-0.2, -0.15) is 0 Å². The van der Waals surface area contributed by atoms with Gasteiger partial charge in [-0.1, -0.05) is 41.9 Å². The Labute approximate surface area is 182 Å². The number of benzene rings is 2. The molecule has 0 aliphatic heterocycles. The number of hydrogen-bond donors (Lipinski definition) is 2. The molecule has 9 heteroatoms. The molecule has 0 spiro atoms. The van der Waals surface area contributed by atoms with Crippen LogP contribution < -0.4 is 15.8 Å². The molecule has 0 aliphatic rings. The van der Waals surface area contributed by atoms with E-state index in [1.807, 2.05) is 30.3 Å². The fourth-order valence-electron chi connectivity index (χ4n) is 2.49. The zero-order valence-corrected chi connectivity index (χ0v) is 17.4. The zero-order valence-electron chi connectivity index (χ0n) is 15.8. The number of nitrogens with zero attached hydrogens (tertiary/aromatic N) is 2. The molecule has 0 radical (unpaired) electrons. The average Bonchev–Trinajstić information content (AvgIpc) is 3.20. The van der Waals surface area contributed by atoms with Crippen LogP contribution in [0.2, 0.25) is 5.02 Å². The van der Waals surface area contributed by atoms with Crippen molar-refractivity contribution >= 4 is 57.6 Å². The quantitative estimate of drug-likeness (QED) is 0.464. The van der Waals surface area contributed by atoms with Gasteiger partial charge in [0.15, 0.2) is 5.13 Å². The minimum Gasteiger partial charge on any atom is -0.274 e. The van der Waals surface area contributed by atoms with Crippen LogP contribution in [0.15, 0.2) is 66.1 Å². The number of hydrogen-bond acceptors (Lipinski definition) is 5. The van der Waals surface area contributed by atoms with E-state index in [-0.39, 0.29) is 16.5 Å². The first-order valence-electron chi connectivity index (χ1n) is 8.80. The molecule has 2 aromatic carbocycles. The number of thiazole rings is 1. The van der Waals surface area contributed by atoms with E-state index in [2.05, 4.69) is 15.8 Å².